The first kappa shape index (κ1) is 30.5. The van der Waals surface area contributed by atoms with Crippen LogP contribution >= 0.6 is 0 Å². The summed E-state index contributed by atoms with van der Waals surface area (Å²) in [6.45, 7) is 8.60. The van der Waals surface area contributed by atoms with Crippen molar-refractivity contribution in [2.45, 2.75) is 88.9 Å². The number of aryl methyl sites for hydroxylation is 2. The summed E-state index contributed by atoms with van der Waals surface area (Å²) in [5.41, 5.74) is 10.6. The second-order valence-corrected chi connectivity index (χ2v) is 13.0. The minimum atomic E-state index is -4.65. The molecule has 0 atom stereocenters. The topological polar surface area (TPSA) is 123 Å². The first-order valence-corrected chi connectivity index (χ1v) is 15.7. The molecule has 10 heteroatoms. The van der Waals surface area contributed by atoms with Crippen molar-refractivity contribution in [2.75, 3.05) is 13.2 Å². The average Bonchev–Trinajstić information content (AvgIpc) is 2.85. The van der Waals surface area contributed by atoms with Gasteiger partial charge in [0.2, 0.25) is 0 Å². The molecule has 2 aromatic carbocycles. The van der Waals surface area contributed by atoms with Gasteiger partial charge in [-0.2, -0.15) is 0 Å². The van der Waals surface area contributed by atoms with E-state index in [2.05, 4.69) is 18.6 Å². The molecular formula is C27H38N2O6S2. The van der Waals surface area contributed by atoms with Crippen LogP contribution < -0.4 is 9.47 Å². The SMILES string of the molecule is CCCCCCOc1ccc(S(=O)(=O)C(=[N+]=[N-])S(=O)(=O)c2ccc(OCCCCCC)c(C)c2)cc1C. The third-order valence-electron chi connectivity index (χ3n) is 5.97. The number of sulfone groups is 2. The minimum absolute atomic E-state index is 0.302. The molecule has 2 aromatic rings. The van der Waals surface area contributed by atoms with E-state index in [-0.39, 0.29) is 9.79 Å². The Kier molecular flexibility index (Phi) is 11.8. The number of unbranched alkanes of at least 4 members (excludes halogenated alkanes) is 6. The van der Waals surface area contributed by atoms with Crippen molar-refractivity contribution >= 4 is 24.1 Å². The van der Waals surface area contributed by atoms with Gasteiger partial charge in [-0.25, -0.2) is 16.8 Å². The maximum atomic E-state index is 13.2. The van der Waals surface area contributed by atoms with Crippen molar-refractivity contribution in [3.63, 3.8) is 0 Å². The molecule has 0 aliphatic carbocycles. The van der Waals surface area contributed by atoms with Gasteiger partial charge in [0.1, 0.15) is 11.5 Å². The maximum Gasteiger partial charge on any atom is 0.504 e. The standard InChI is InChI=1S/C27H38N2O6S2/c1-5-7-9-11-17-34-25-15-13-23(19-21(25)3)36(30,31)27(29-28)37(32,33)24-14-16-26(22(4)20-24)35-18-12-10-8-6-2/h13-16,19-20H,5-12,17-18H2,1-4H3. The quantitative estimate of drug-likeness (QED) is 0.0927. The number of rotatable bonds is 14. The number of hydrogen-bond donors (Lipinski definition) is 0. The Bertz CT molecular complexity index is 1220. The molecule has 0 aromatic heterocycles. The Balaban J connectivity index is 2.23. The van der Waals surface area contributed by atoms with Crippen molar-refractivity contribution in [3.8, 4) is 11.5 Å². The van der Waals surface area contributed by atoms with Crippen molar-refractivity contribution in [1.82, 2.24) is 0 Å². The first-order chi connectivity index (χ1) is 17.6. The third-order valence-corrected chi connectivity index (χ3v) is 10.1. The molecule has 0 N–H and O–H groups in total. The summed E-state index contributed by atoms with van der Waals surface area (Å²) >= 11 is 0. The van der Waals surface area contributed by atoms with Gasteiger partial charge in [0.05, 0.1) is 23.0 Å². The summed E-state index contributed by atoms with van der Waals surface area (Å²) in [6, 6.07) is 8.12. The summed E-state index contributed by atoms with van der Waals surface area (Å²) in [7, 11) is -9.30. The van der Waals surface area contributed by atoms with Crippen LogP contribution in [0.2, 0.25) is 0 Å². The van der Waals surface area contributed by atoms with Gasteiger partial charge in [-0.1, -0.05) is 52.4 Å². The van der Waals surface area contributed by atoms with E-state index in [1.54, 1.807) is 13.8 Å². The van der Waals surface area contributed by atoms with Crippen LogP contribution in [-0.4, -0.2) is 39.2 Å². The molecule has 0 bridgehead atoms. The largest absolute Gasteiger partial charge is 0.504 e. The zero-order chi connectivity index (χ0) is 27.5. The highest BCUT2D eigenvalue weighted by Gasteiger charge is 2.44. The molecule has 37 heavy (non-hydrogen) atoms. The fourth-order valence-corrected chi connectivity index (χ4v) is 7.29. The Labute approximate surface area is 221 Å². The zero-order valence-corrected chi connectivity index (χ0v) is 23.8. The van der Waals surface area contributed by atoms with Crippen LogP contribution in [0.25, 0.3) is 5.53 Å². The molecule has 0 aliphatic heterocycles. The third kappa shape index (κ3) is 8.15. The molecule has 204 valence electrons. The van der Waals surface area contributed by atoms with Gasteiger partial charge in [-0.05, 0) is 74.2 Å². The molecule has 2 rings (SSSR count). The molecule has 0 amide bonds. The number of benzene rings is 2. The Hall–Kier alpha value is -2.68. The molecule has 0 spiro atoms. The first-order valence-electron chi connectivity index (χ1n) is 12.8. The van der Waals surface area contributed by atoms with Crippen LogP contribution in [0.5, 0.6) is 11.5 Å². The molecule has 8 nitrogen and oxygen atoms in total. The van der Waals surface area contributed by atoms with Gasteiger partial charge >= 0.3 is 4.38 Å². The summed E-state index contributed by atoms with van der Waals surface area (Å²) in [6.07, 6.45) is 8.31. The van der Waals surface area contributed by atoms with E-state index in [9.17, 15) is 22.4 Å². The monoisotopic (exact) mass is 550 g/mol. The van der Waals surface area contributed by atoms with Crippen LogP contribution in [0, 0.1) is 13.8 Å². The molecule has 0 saturated heterocycles. The van der Waals surface area contributed by atoms with Gasteiger partial charge in [-0.15, -0.1) is 4.79 Å². The van der Waals surface area contributed by atoms with E-state index >= 15 is 0 Å². The molecular weight excluding hydrogens is 512 g/mol. The van der Waals surface area contributed by atoms with Crippen LogP contribution in [0.4, 0.5) is 0 Å². The Morgan fingerprint density at radius 2 is 1.11 bits per heavy atom. The second kappa shape index (κ2) is 14.3. The molecule has 0 aliphatic rings. The lowest BCUT2D eigenvalue weighted by atomic mass is 10.2. The normalized spacial score (nSPS) is 11.7. The average molecular weight is 551 g/mol. The van der Waals surface area contributed by atoms with E-state index in [0.717, 1.165) is 51.4 Å². The van der Waals surface area contributed by atoms with Crippen LogP contribution in [0.15, 0.2) is 46.2 Å². The van der Waals surface area contributed by atoms with Crippen molar-refractivity contribution in [2.24, 2.45) is 0 Å². The van der Waals surface area contributed by atoms with Crippen LogP contribution in [0.3, 0.4) is 0 Å². The second-order valence-electron chi connectivity index (χ2n) is 9.05. The summed E-state index contributed by atoms with van der Waals surface area (Å²) in [5, 5.41) is 0. The van der Waals surface area contributed by atoms with E-state index < -0.39 is 24.1 Å². The number of nitrogens with zero attached hydrogens (tertiary/aromatic N) is 2. The van der Waals surface area contributed by atoms with Gasteiger partial charge in [-0.3, -0.25) is 0 Å². The maximum absolute atomic E-state index is 13.2. The molecule has 0 radical (unpaired) electrons. The van der Waals surface area contributed by atoms with Gasteiger partial charge < -0.3 is 15.0 Å². The Morgan fingerprint density at radius 1 is 0.703 bits per heavy atom. The van der Waals surface area contributed by atoms with E-state index in [4.69, 9.17) is 9.47 Å². The summed E-state index contributed by atoms with van der Waals surface area (Å²) < 4.78 is 63.0. The predicted molar refractivity (Wildman–Crippen MR) is 145 cm³/mol. The summed E-state index contributed by atoms with van der Waals surface area (Å²) in [4.78, 5) is 2.12. The highest BCUT2D eigenvalue weighted by atomic mass is 32.3. The smallest absolute Gasteiger partial charge is 0.493 e. The number of ether oxygens (including phenoxy) is 2. The Morgan fingerprint density at radius 3 is 1.43 bits per heavy atom. The van der Waals surface area contributed by atoms with Crippen molar-refractivity contribution < 1.29 is 31.1 Å². The fourth-order valence-electron chi connectivity index (χ4n) is 3.78. The molecule has 0 fully saturated rings. The van der Waals surface area contributed by atoms with Crippen LogP contribution in [-0.2, 0) is 19.7 Å². The molecule has 0 unspecified atom stereocenters. The molecule has 0 saturated carbocycles. The van der Waals surface area contributed by atoms with E-state index in [0.29, 0.717) is 35.8 Å². The lowest BCUT2D eigenvalue weighted by Crippen LogP contribution is -2.26. The van der Waals surface area contributed by atoms with Crippen molar-refractivity contribution in [1.29, 1.82) is 0 Å². The zero-order valence-electron chi connectivity index (χ0n) is 22.2. The summed E-state index contributed by atoms with van der Waals surface area (Å²) in [5.74, 6) is 1.03. The van der Waals surface area contributed by atoms with E-state index in [1.807, 2.05) is 0 Å². The van der Waals surface area contributed by atoms with Gasteiger partial charge in [0.25, 0.3) is 19.7 Å². The van der Waals surface area contributed by atoms with Crippen molar-refractivity contribution in [3.05, 3.63) is 53.1 Å². The number of hydrogen-bond acceptors (Lipinski definition) is 6. The highest BCUT2D eigenvalue weighted by molar-refractivity contribution is 8.31. The van der Waals surface area contributed by atoms with Gasteiger partial charge in [0, 0.05) is 0 Å². The lowest BCUT2D eigenvalue weighted by Gasteiger charge is -2.11. The molecule has 0 heterocycles. The van der Waals surface area contributed by atoms with Crippen LogP contribution in [0.1, 0.15) is 76.3 Å². The highest BCUT2D eigenvalue weighted by Crippen LogP contribution is 2.28. The van der Waals surface area contributed by atoms with Gasteiger partial charge in [0.15, 0.2) is 0 Å². The minimum Gasteiger partial charge on any atom is -0.493 e. The van der Waals surface area contributed by atoms with E-state index in [1.165, 1.54) is 36.4 Å². The lowest BCUT2D eigenvalue weighted by molar-refractivity contribution is 0.00380. The fraction of sp³-hybridized carbons (Fsp3) is 0.519. The predicted octanol–water partition coefficient (Wildman–Crippen LogP) is 6.06.